The first kappa shape index (κ1) is 39.5. The van der Waals surface area contributed by atoms with Crippen LogP contribution in [-0.4, -0.2) is 83.0 Å². The fourth-order valence-electron chi connectivity index (χ4n) is 5.21. The van der Waals surface area contributed by atoms with E-state index in [1.165, 1.54) is 39.0 Å². The van der Waals surface area contributed by atoms with Gasteiger partial charge in [-0.1, -0.05) is 64.1 Å². The van der Waals surface area contributed by atoms with Crippen LogP contribution < -0.4 is 10.6 Å². The van der Waals surface area contributed by atoms with Gasteiger partial charge in [0.2, 0.25) is 18.6 Å². The Morgan fingerprint density at radius 1 is 0.900 bits per heavy atom. The number of anilines is 1. The summed E-state index contributed by atoms with van der Waals surface area (Å²) in [5, 5.41) is 26.9. The standard InChI is InChI=1S/C36H46N2O12/c1-8-20(4)29-34(45)47-21(5)26(38-31(42)23-15-12-16-24(27(23)40)37-18-39)32(43)49-28(19(2)3)33(44)48-25(17-22-13-10-9-11-14-22)30(41)36(6,7)35(46)50-29/h9-16,18-21,25-26,28-30,40-41H,8,17H2,1-7H3,(H,37,39)(H,38,42)/t20-,21+,25+,26-,28-,29-,30-/m0/s1. The van der Waals surface area contributed by atoms with Gasteiger partial charge in [0, 0.05) is 18.3 Å². The summed E-state index contributed by atoms with van der Waals surface area (Å²) in [6.07, 6.45) is -6.89. The second-order valence-corrected chi connectivity index (χ2v) is 13.2. The van der Waals surface area contributed by atoms with Crippen molar-refractivity contribution in [2.75, 3.05) is 5.32 Å². The van der Waals surface area contributed by atoms with Crippen LogP contribution in [0.3, 0.4) is 0 Å². The molecular formula is C36H46N2O12. The van der Waals surface area contributed by atoms with Crippen LogP contribution in [0.4, 0.5) is 5.69 Å². The zero-order valence-electron chi connectivity index (χ0n) is 29.2. The summed E-state index contributed by atoms with van der Waals surface area (Å²) in [6, 6.07) is 10.9. The van der Waals surface area contributed by atoms with Crippen LogP contribution in [0, 0.1) is 17.3 Å². The molecule has 0 spiro atoms. The van der Waals surface area contributed by atoms with Crippen LogP contribution >= 0.6 is 0 Å². The number of carbonyl (C=O) groups is 6. The van der Waals surface area contributed by atoms with E-state index in [1.54, 1.807) is 58.0 Å². The number of phenolic OH excluding ortho intramolecular Hbond substituents is 1. The fourth-order valence-corrected chi connectivity index (χ4v) is 5.21. The van der Waals surface area contributed by atoms with E-state index < -0.39 is 89.3 Å². The molecule has 1 saturated heterocycles. The average Bonchev–Trinajstić information content (AvgIpc) is 3.07. The molecule has 7 atom stereocenters. The summed E-state index contributed by atoms with van der Waals surface area (Å²) in [5.41, 5.74) is -1.48. The molecule has 14 nitrogen and oxygen atoms in total. The number of carbonyl (C=O) groups excluding carboxylic acids is 6. The minimum Gasteiger partial charge on any atom is -0.505 e. The lowest BCUT2D eigenvalue weighted by Gasteiger charge is -2.35. The molecule has 50 heavy (non-hydrogen) atoms. The zero-order chi connectivity index (χ0) is 37.3. The number of aliphatic hydroxyl groups excluding tert-OH is 1. The fraction of sp³-hybridized carbons (Fsp3) is 0.500. The molecule has 0 unspecified atom stereocenters. The summed E-state index contributed by atoms with van der Waals surface area (Å²) in [5.74, 6) is -7.13. The number of cyclic esters (lactones) is 4. The minimum atomic E-state index is -1.76. The molecule has 1 aliphatic heterocycles. The van der Waals surface area contributed by atoms with Crippen LogP contribution in [0.25, 0.3) is 0 Å². The number of para-hydroxylation sites is 1. The van der Waals surface area contributed by atoms with E-state index in [4.69, 9.17) is 18.9 Å². The van der Waals surface area contributed by atoms with Crippen LogP contribution in [0.1, 0.15) is 70.8 Å². The van der Waals surface area contributed by atoms with Gasteiger partial charge in [0.15, 0.2) is 11.8 Å². The van der Waals surface area contributed by atoms with Gasteiger partial charge in [-0.05, 0) is 44.9 Å². The van der Waals surface area contributed by atoms with Gasteiger partial charge in [-0.25, -0.2) is 14.4 Å². The number of ether oxygens (including phenoxy) is 4. The number of aromatic hydroxyl groups is 1. The Kier molecular flexibility index (Phi) is 13.5. The monoisotopic (exact) mass is 698 g/mol. The van der Waals surface area contributed by atoms with Gasteiger partial charge < -0.3 is 39.8 Å². The van der Waals surface area contributed by atoms with Crippen LogP contribution in [-0.2, 0) is 49.3 Å². The Morgan fingerprint density at radius 2 is 1.54 bits per heavy atom. The third kappa shape index (κ3) is 9.37. The SMILES string of the molecule is CC[C@H](C)[C@@H]1OC(=O)C(C)(C)[C@@H](O)[C@@H](Cc2ccccc2)OC(=O)[C@H](C(C)C)OC(=O)[C@@H](NC(=O)c2cccc(NC=O)c2O)[C@@H](C)OC1=O. The number of esters is 4. The summed E-state index contributed by atoms with van der Waals surface area (Å²) in [7, 11) is 0. The Labute approximate surface area is 290 Å². The van der Waals surface area contributed by atoms with E-state index in [-0.39, 0.29) is 17.7 Å². The summed E-state index contributed by atoms with van der Waals surface area (Å²) >= 11 is 0. The molecule has 3 rings (SSSR count). The molecule has 1 aliphatic rings. The maximum absolute atomic E-state index is 13.8. The number of hydrogen-bond donors (Lipinski definition) is 4. The van der Waals surface area contributed by atoms with Crippen molar-refractivity contribution < 1.29 is 57.9 Å². The highest BCUT2D eigenvalue weighted by molar-refractivity contribution is 6.01. The Morgan fingerprint density at radius 3 is 2.14 bits per heavy atom. The lowest BCUT2D eigenvalue weighted by atomic mass is 9.81. The van der Waals surface area contributed by atoms with E-state index in [2.05, 4.69) is 10.6 Å². The average molecular weight is 699 g/mol. The van der Waals surface area contributed by atoms with Crippen LogP contribution in [0.15, 0.2) is 48.5 Å². The second kappa shape index (κ2) is 17.1. The number of amides is 2. The highest BCUT2D eigenvalue weighted by Gasteiger charge is 2.47. The maximum atomic E-state index is 13.8. The quantitative estimate of drug-likeness (QED) is 0.129. The van der Waals surface area contributed by atoms with Gasteiger partial charge in [-0.3, -0.25) is 14.4 Å². The normalized spacial score (nSPS) is 25.5. The third-order valence-corrected chi connectivity index (χ3v) is 8.68. The lowest BCUT2D eigenvalue weighted by Crippen LogP contribution is -2.52. The van der Waals surface area contributed by atoms with Crippen molar-refractivity contribution >= 4 is 41.9 Å². The third-order valence-electron chi connectivity index (χ3n) is 8.68. The summed E-state index contributed by atoms with van der Waals surface area (Å²) < 4.78 is 22.7. The molecule has 0 aromatic heterocycles. The first-order valence-corrected chi connectivity index (χ1v) is 16.4. The molecule has 0 radical (unpaired) electrons. The van der Waals surface area contributed by atoms with Gasteiger partial charge in [-0.2, -0.15) is 0 Å². The number of hydrogen-bond acceptors (Lipinski definition) is 12. The topological polar surface area (TPSA) is 204 Å². The predicted octanol–water partition coefficient (Wildman–Crippen LogP) is 3.07. The molecule has 0 bridgehead atoms. The largest absolute Gasteiger partial charge is 0.505 e. The van der Waals surface area contributed by atoms with Crippen molar-refractivity contribution in [3.63, 3.8) is 0 Å². The van der Waals surface area contributed by atoms with Gasteiger partial charge in [0.25, 0.3) is 5.91 Å². The molecule has 272 valence electrons. The first-order chi connectivity index (χ1) is 23.5. The van der Waals surface area contributed by atoms with E-state index in [9.17, 15) is 39.0 Å². The molecule has 1 fully saturated rings. The highest BCUT2D eigenvalue weighted by Crippen LogP contribution is 2.32. The van der Waals surface area contributed by atoms with E-state index in [1.807, 2.05) is 0 Å². The first-order valence-electron chi connectivity index (χ1n) is 16.4. The van der Waals surface area contributed by atoms with Gasteiger partial charge in [0.1, 0.15) is 18.3 Å². The van der Waals surface area contributed by atoms with E-state index in [0.717, 1.165) is 0 Å². The molecule has 1 heterocycles. The Balaban J connectivity index is 2.12. The van der Waals surface area contributed by atoms with Gasteiger partial charge >= 0.3 is 23.9 Å². The number of benzene rings is 2. The van der Waals surface area contributed by atoms with Crippen molar-refractivity contribution in [3.05, 3.63) is 59.7 Å². The molecule has 2 aromatic carbocycles. The number of rotatable bonds is 9. The molecule has 4 N–H and O–H groups in total. The molecule has 0 saturated carbocycles. The summed E-state index contributed by atoms with van der Waals surface area (Å²) in [4.78, 5) is 79.3. The van der Waals surface area contributed by atoms with Crippen LogP contribution in [0.5, 0.6) is 5.75 Å². The zero-order valence-corrected chi connectivity index (χ0v) is 29.2. The van der Waals surface area contributed by atoms with E-state index >= 15 is 0 Å². The Bertz CT molecular complexity index is 1540. The number of aliphatic hydroxyl groups is 1. The second-order valence-electron chi connectivity index (χ2n) is 13.2. The Hall–Kier alpha value is -4.98. The maximum Gasteiger partial charge on any atom is 0.348 e. The lowest BCUT2D eigenvalue weighted by molar-refractivity contribution is -0.190. The molecular weight excluding hydrogens is 652 g/mol. The van der Waals surface area contributed by atoms with Gasteiger partial charge in [0.05, 0.1) is 16.7 Å². The molecule has 0 aliphatic carbocycles. The van der Waals surface area contributed by atoms with Gasteiger partial charge in [-0.15, -0.1) is 0 Å². The summed E-state index contributed by atoms with van der Waals surface area (Å²) in [6.45, 7) is 10.6. The smallest absolute Gasteiger partial charge is 0.348 e. The van der Waals surface area contributed by atoms with Crippen molar-refractivity contribution in [3.8, 4) is 5.75 Å². The molecule has 2 aromatic rings. The predicted molar refractivity (Wildman–Crippen MR) is 178 cm³/mol. The highest BCUT2D eigenvalue weighted by atomic mass is 16.6. The van der Waals surface area contributed by atoms with E-state index in [0.29, 0.717) is 18.4 Å². The van der Waals surface area contributed by atoms with Crippen molar-refractivity contribution in [2.24, 2.45) is 17.3 Å². The number of phenols is 1. The van der Waals surface area contributed by atoms with Crippen molar-refractivity contribution in [2.45, 2.75) is 97.9 Å². The molecule has 14 heteroatoms. The number of nitrogens with one attached hydrogen (secondary N) is 2. The van der Waals surface area contributed by atoms with Crippen molar-refractivity contribution in [1.29, 1.82) is 0 Å². The van der Waals surface area contributed by atoms with Crippen LogP contribution in [0.2, 0.25) is 0 Å². The molecule has 2 amide bonds. The van der Waals surface area contributed by atoms with Crippen molar-refractivity contribution in [1.82, 2.24) is 5.32 Å². The minimum absolute atomic E-state index is 0.0305.